The molecule has 132 valence electrons. The van der Waals surface area contributed by atoms with Crippen LogP contribution in [0.25, 0.3) is 16.6 Å². The lowest BCUT2D eigenvalue weighted by molar-refractivity contribution is 0.0951. The smallest absolute Gasteiger partial charge is 0.265 e. The van der Waals surface area contributed by atoms with Gasteiger partial charge in [-0.2, -0.15) is 0 Å². The lowest BCUT2D eigenvalue weighted by Crippen LogP contribution is -2.27. The molecule has 0 spiro atoms. The van der Waals surface area contributed by atoms with Crippen LogP contribution in [-0.2, 0) is 6.54 Å². The van der Waals surface area contributed by atoms with Gasteiger partial charge in [-0.1, -0.05) is 30.3 Å². The Kier molecular flexibility index (Phi) is 4.45. The fourth-order valence-corrected chi connectivity index (χ4v) is 2.90. The van der Waals surface area contributed by atoms with E-state index < -0.39 is 0 Å². The molecule has 0 aliphatic heterocycles. The van der Waals surface area contributed by atoms with Gasteiger partial charge in [0.2, 0.25) is 0 Å². The Balaban J connectivity index is 1.70. The van der Waals surface area contributed by atoms with Crippen LogP contribution in [0, 0.1) is 0 Å². The van der Waals surface area contributed by atoms with E-state index in [0.29, 0.717) is 28.7 Å². The molecule has 1 N–H and O–H groups in total. The minimum absolute atomic E-state index is 0.215. The van der Waals surface area contributed by atoms with Crippen molar-refractivity contribution in [2.24, 2.45) is 0 Å². The van der Waals surface area contributed by atoms with Crippen LogP contribution in [0.3, 0.4) is 0 Å². The van der Waals surface area contributed by atoms with E-state index in [0.717, 1.165) is 5.56 Å². The molecule has 2 heterocycles. The van der Waals surface area contributed by atoms with Gasteiger partial charge in [-0.05, 0) is 35.9 Å². The monoisotopic (exact) mass is 356 g/mol. The lowest BCUT2D eigenvalue weighted by Gasteiger charge is -2.12. The predicted octanol–water partition coefficient (Wildman–Crippen LogP) is 2.71. The molecule has 0 fully saturated rings. The minimum atomic E-state index is -0.269. The SMILES string of the molecule is O=C(NCc1cccnc1)c1ccccc1-n1cnc2ccccc2c1=O. The van der Waals surface area contributed by atoms with Crippen LogP contribution < -0.4 is 10.9 Å². The summed E-state index contributed by atoms with van der Waals surface area (Å²) in [6.07, 6.45) is 4.83. The highest BCUT2D eigenvalue weighted by Gasteiger charge is 2.14. The van der Waals surface area contributed by atoms with E-state index in [4.69, 9.17) is 0 Å². The predicted molar refractivity (Wildman–Crippen MR) is 103 cm³/mol. The van der Waals surface area contributed by atoms with E-state index in [2.05, 4.69) is 15.3 Å². The van der Waals surface area contributed by atoms with Crippen LogP contribution in [0.4, 0.5) is 0 Å². The number of nitrogens with zero attached hydrogens (tertiary/aromatic N) is 3. The largest absolute Gasteiger partial charge is 0.348 e. The van der Waals surface area contributed by atoms with Gasteiger partial charge in [0.25, 0.3) is 11.5 Å². The molecular formula is C21H16N4O2. The maximum Gasteiger partial charge on any atom is 0.265 e. The van der Waals surface area contributed by atoms with Crippen molar-refractivity contribution >= 4 is 16.8 Å². The molecule has 0 radical (unpaired) electrons. The normalized spacial score (nSPS) is 10.7. The first-order valence-electron chi connectivity index (χ1n) is 8.47. The summed E-state index contributed by atoms with van der Waals surface area (Å²) in [6, 6.07) is 17.8. The van der Waals surface area contributed by atoms with Crippen LogP contribution in [0.2, 0.25) is 0 Å². The Morgan fingerprint density at radius 1 is 1.00 bits per heavy atom. The summed E-state index contributed by atoms with van der Waals surface area (Å²) < 4.78 is 1.40. The molecule has 0 saturated heterocycles. The number of para-hydroxylation sites is 2. The number of carbonyl (C=O) groups excluding carboxylic acids is 1. The lowest BCUT2D eigenvalue weighted by atomic mass is 10.1. The minimum Gasteiger partial charge on any atom is -0.348 e. The molecule has 1 amide bonds. The number of carbonyl (C=O) groups is 1. The molecule has 4 aromatic rings. The van der Waals surface area contributed by atoms with Gasteiger partial charge in [-0.25, -0.2) is 4.98 Å². The molecule has 6 heteroatoms. The number of aromatic nitrogens is 3. The van der Waals surface area contributed by atoms with E-state index in [1.54, 1.807) is 54.9 Å². The molecule has 0 bridgehead atoms. The van der Waals surface area contributed by atoms with Crippen LogP contribution in [0.1, 0.15) is 15.9 Å². The Morgan fingerprint density at radius 2 is 1.81 bits per heavy atom. The molecular weight excluding hydrogens is 340 g/mol. The zero-order valence-corrected chi connectivity index (χ0v) is 14.4. The summed E-state index contributed by atoms with van der Waals surface area (Å²) in [5.74, 6) is -0.269. The van der Waals surface area contributed by atoms with Crippen LogP contribution >= 0.6 is 0 Å². The van der Waals surface area contributed by atoms with Crippen LogP contribution in [-0.4, -0.2) is 20.4 Å². The zero-order chi connectivity index (χ0) is 18.6. The highest BCUT2D eigenvalue weighted by Crippen LogP contribution is 2.14. The van der Waals surface area contributed by atoms with Gasteiger partial charge in [0.1, 0.15) is 6.33 Å². The Morgan fingerprint density at radius 3 is 2.67 bits per heavy atom. The molecule has 6 nitrogen and oxygen atoms in total. The van der Waals surface area contributed by atoms with Crippen LogP contribution in [0.5, 0.6) is 0 Å². The van der Waals surface area contributed by atoms with Crippen molar-refractivity contribution < 1.29 is 4.79 Å². The number of hydrogen-bond donors (Lipinski definition) is 1. The van der Waals surface area contributed by atoms with Crippen molar-refractivity contribution in [3.63, 3.8) is 0 Å². The molecule has 0 saturated carbocycles. The number of nitrogens with one attached hydrogen (secondary N) is 1. The van der Waals surface area contributed by atoms with E-state index in [1.807, 2.05) is 18.2 Å². The van der Waals surface area contributed by atoms with Crippen molar-refractivity contribution in [1.82, 2.24) is 19.9 Å². The summed E-state index contributed by atoms with van der Waals surface area (Å²) in [5.41, 5.74) is 2.20. The summed E-state index contributed by atoms with van der Waals surface area (Å²) in [6.45, 7) is 0.353. The number of rotatable bonds is 4. The number of hydrogen-bond acceptors (Lipinski definition) is 4. The molecule has 0 atom stereocenters. The van der Waals surface area contributed by atoms with Gasteiger partial charge >= 0.3 is 0 Å². The standard InChI is InChI=1S/C21H16N4O2/c26-20(23-13-15-6-5-11-22-12-15)17-8-2-4-10-19(17)25-14-24-18-9-3-1-7-16(18)21(25)27/h1-12,14H,13H2,(H,23,26). The fraction of sp³-hybridized carbons (Fsp3) is 0.0476. The van der Waals surface area contributed by atoms with Crippen LogP contribution in [0.15, 0.2) is 84.2 Å². The first kappa shape index (κ1) is 16.7. The summed E-state index contributed by atoms with van der Waals surface area (Å²) >= 11 is 0. The van der Waals surface area contributed by atoms with E-state index in [1.165, 1.54) is 10.9 Å². The third-order valence-electron chi connectivity index (χ3n) is 4.25. The van der Waals surface area contributed by atoms with E-state index in [-0.39, 0.29) is 11.5 Å². The first-order chi connectivity index (χ1) is 13.2. The Hall–Kier alpha value is -3.80. The average molecular weight is 356 g/mol. The molecule has 0 aliphatic carbocycles. The second-order valence-electron chi connectivity index (χ2n) is 6.00. The van der Waals surface area contributed by atoms with Crippen molar-refractivity contribution in [2.45, 2.75) is 6.54 Å². The topological polar surface area (TPSA) is 76.9 Å². The van der Waals surface area contributed by atoms with Gasteiger partial charge in [0.05, 0.1) is 22.2 Å². The third-order valence-corrected chi connectivity index (χ3v) is 4.25. The second-order valence-corrected chi connectivity index (χ2v) is 6.00. The van der Waals surface area contributed by atoms with E-state index >= 15 is 0 Å². The maximum absolute atomic E-state index is 12.9. The van der Waals surface area contributed by atoms with Gasteiger partial charge in [-0.15, -0.1) is 0 Å². The molecule has 0 unspecified atom stereocenters. The van der Waals surface area contributed by atoms with E-state index in [9.17, 15) is 9.59 Å². The third kappa shape index (κ3) is 3.32. The van der Waals surface area contributed by atoms with Crippen molar-refractivity contribution in [1.29, 1.82) is 0 Å². The van der Waals surface area contributed by atoms with Gasteiger partial charge in [-0.3, -0.25) is 19.1 Å². The molecule has 2 aromatic heterocycles. The zero-order valence-electron chi connectivity index (χ0n) is 14.4. The average Bonchev–Trinajstić information content (AvgIpc) is 2.73. The first-order valence-corrected chi connectivity index (χ1v) is 8.47. The van der Waals surface area contributed by atoms with Gasteiger partial charge in [0, 0.05) is 18.9 Å². The van der Waals surface area contributed by atoms with Gasteiger partial charge in [0.15, 0.2) is 0 Å². The Bertz CT molecular complexity index is 1170. The second kappa shape index (κ2) is 7.21. The number of fused-ring (bicyclic) bond motifs is 1. The molecule has 4 rings (SSSR count). The Labute approximate surface area is 155 Å². The highest BCUT2D eigenvalue weighted by molar-refractivity contribution is 5.97. The number of benzene rings is 2. The maximum atomic E-state index is 12.9. The highest BCUT2D eigenvalue weighted by atomic mass is 16.2. The molecule has 27 heavy (non-hydrogen) atoms. The van der Waals surface area contributed by atoms with Gasteiger partial charge < -0.3 is 5.32 Å². The van der Waals surface area contributed by atoms with Crippen molar-refractivity contribution in [2.75, 3.05) is 0 Å². The summed E-state index contributed by atoms with van der Waals surface area (Å²) in [4.78, 5) is 34.0. The fourth-order valence-electron chi connectivity index (χ4n) is 2.90. The summed E-state index contributed by atoms with van der Waals surface area (Å²) in [5, 5.41) is 3.37. The summed E-state index contributed by atoms with van der Waals surface area (Å²) in [7, 11) is 0. The number of amides is 1. The number of pyridine rings is 1. The quantitative estimate of drug-likeness (QED) is 0.610. The van der Waals surface area contributed by atoms with Crippen molar-refractivity contribution in [3.8, 4) is 5.69 Å². The molecule has 0 aliphatic rings. The molecule has 2 aromatic carbocycles. The van der Waals surface area contributed by atoms with Crippen molar-refractivity contribution in [3.05, 3.63) is 101 Å².